The van der Waals surface area contributed by atoms with Crippen molar-refractivity contribution in [2.75, 3.05) is 7.11 Å². The molecule has 0 radical (unpaired) electrons. The third-order valence-electron chi connectivity index (χ3n) is 8.94. The van der Waals surface area contributed by atoms with Crippen LogP contribution in [0.25, 0.3) is 0 Å². The van der Waals surface area contributed by atoms with E-state index >= 15 is 0 Å². The van der Waals surface area contributed by atoms with E-state index < -0.39 is 23.4 Å². The molecule has 0 aromatic heterocycles. The standard InChI is InChI=1S/C21H30O6/c1-10-11-5-6-12-20(9-11,15(10)22)17(24)26-13-7-8-19(2,3)14-16(23)27-18(25-4)21(12,13)14/h10-14,16,18,23H,5-9H2,1-4H3/t10-,11?,12-,13+,14-,16-,18+,20?,21?/m1/s1. The molecule has 2 spiro atoms. The molecule has 2 heterocycles. The van der Waals surface area contributed by atoms with Gasteiger partial charge in [0.15, 0.2) is 18.4 Å². The Kier molecular flexibility index (Phi) is 3.57. The summed E-state index contributed by atoms with van der Waals surface area (Å²) in [5.41, 5.74) is -1.96. The molecule has 2 aliphatic heterocycles. The van der Waals surface area contributed by atoms with E-state index in [9.17, 15) is 14.7 Å². The molecule has 3 unspecified atom stereocenters. The van der Waals surface area contributed by atoms with Crippen molar-refractivity contribution in [3.63, 3.8) is 0 Å². The maximum atomic E-state index is 13.4. The average Bonchev–Trinajstić information content (AvgIpc) is 3.04. The lowest BCUT2D eigenvalue weighted by Gasteiger charge is -2.62. The molecule has 9 atom stereocenters. The highest BCUT2D eigenvalue weighted by atomic mass is 16.7. The number of hydrogen-bond acceptors (Lipinski definition) is 6. The average molecular weight is 378 g/mol. The number of carbonyl (C=O) groups is 2. The molecular formula is C21H30O6. The van der Waals surface area contributed by atoms with Crippen LogP contribution in [0.5, 0.6) is 0 Å². The van der Waals surface area contributed by atoms with Gasteiger partial charge in [0.25, 0.3) is 0 Å². The summed E-state index contributed by atoms with van der Waals surface area (Å²) in [5.74, 6) is -0.597. The maximum Gasteiger partial charge on any atom is 0.320 e. The fourth-order valence-electron chi connectivity index (χ4n) is 7.91. The van der Waals surface area contributed by atoms with Crippen molar-refractivity contribution in [3.05, 3.63) is 0 Å². The molecule has 2 bridgehead atoms. The van der Waals surface area contributed by atoms with Gasteiger partial charge in [0.05, 0.1) is 5.41 Å². The minimum atomic E-state index is -1.09. The van der Waals surface area contributed by atoms with Crippen molar-refractivity contribution >= 4 is 11.8 Å². The predicted molar refractivity (Wildman–Crippen MR) is 94.1 cm³/mol. The zero-order chi connectivity index (χ0) is 19.4. The number of aliphatic hydroxyl groups is 1. The molecule has 6 nitrogen and oxygen atoms in total. The first-order valence-corrected chi connectivity index (χ1v) is 10.3. The second-order valence-electron chi connectivity index (χ2n) is 10.2. The fourth-order valence-corrected chi connectivity index (χ4v) is 7.91. The quantitative estimate of drug-likeness (QED) is 0.557. The van der Waals surface area contributed by atoms with Gasteiger partial charge in [-0.1, -0.05) is 20.8 Å². The van der Waals surface area contributed by atoms with Gasteiger partial charge >= 0.3 is 5.97 Å². The Hall–Kier alpha value is -0.980. The molecule has 6 heteroatoms. The van der Waals surface area contributed by atoms with Crippen LogP contribution >= 0.6 is 0 Å². The molecule has 0 aromatic carbocycles. The van der Waals surface area contributed by atoms with E-state index in [2.05, 4.69) is 13.8 Å². The van der Waals surface area contributed by atoms with Crippen LogP contribution in [0.4, 0.5) is 0 Å². The minimum Gasteiger partial charge on any atom is -0.461 e. The summed E-state index contributed by atoms with van der Waals surface area (Å²) >= 11 is 0. The summed E-state index contributed by atoms with van der Waals surface area (Å²) in [4.78, 5) is 26.7. The first-order valence-electron chi connectivity index (χ1n) is 10.3. The van der Waals surface area contributed by atoms with Crippen LogP contribution in [-0.4, -0.2) is 42.7 Å². The molecule has 5 fully saturated rings. The smallest absolute Gasteiger partial charge is 0.320 e. The van der Waals surface area contributed by atoms with Gasteiger partial charge in [-0.15, -0.1) is 0 Å². The van der Waals surface area contributed by atoms with Crippen LogP contribution in [0.15, 0.2) is 0 Å². The number of fused-ring (bicyclic) bond motifs is 1. The first kappa shape index (κ1) is 18.1. The molecule has 5 rings (SSSR count). The Labute approximate surface area is 159 Å². The molecule has 0 amide bonds. The molecule has 2 saturated heterocycles. The molecule has 3 saturated carbocycles. The largest absolute Gasteiger partial charge is 0.461 e. The number of aliphatic hydroxyl groups excluding tert-OH is 1. The first-order chi connectivity index (χ1) is 12.7. The Morgan fingerprint density at radius 2 is 1.93 bits per heavy atom. The van der Waals surface area contributed by atoms with Crippen molar-refractivity contribution < 1.29 is 28.9 Å². The van der Waals surface area contributed by atoms with E-state index in [-0.39, 0.29) is 46.9 Å². The maximum absolute atomic E-state index is 13.4. The van der Waals surface area contributed by atoms with Gasteiger partial charge in [0.1, 0.15) is 11.5 Å². The summed E-state index contributed by atoms with van der Waals surface area (Å²) in [5, 5.41) is 10.9. The zero-order valence-electron chi connectivity index (χ0n) is 16.6. The number of carbonyl (C=O) groups excluding carboxylic acids is 2. The Morgan fingerprint density at radius 1 is 1.19 bits per heavy atom. The predicted octanol–water partition coefficient (Wildman–Crippen LogP) is 2.28. The Morgan fingerprint density at radius 3 is 2.63 bits per heavy atom. The Bertz CT molecular complexity index is 703. The Balaban J connectivity index is 1.74. The highest BCUT2D eigenvalue weighted by molar-refractivity contribution is 6.07. The van der Waals surface area contributed by atoms with Gasteiger partial charge in [-0.05, 0) is 49.4 Å². The lowest BCUT2D eigenvalue weighted by atomic mass is 9.43. The van der Waals surface area contributed by atoms with Crippen molar-refractivity contribution in [1.82, 2.24) is 0 Å². The van der Waals surface area contributed by atoms with E-state index in [1.807, 2.05) is 6.92 Å². The topological polar surface area (TPSA) is 82.1 Å². The van der Waals surface area contributed by atoms with Crippen LogP contribution in [-0.2, 0) is 23.8 Å². The SMILES string of the molecule is CO[C@H]1O[C@@H](O)[C@@H]2C(C)(C)CC[C@@H]3OC(=O)C45CC(CC[C@H]4C132)[C@@H](C)C5=O. The second-order valence-corrected chi connectivity index (χ2v) is 10.2. The van der Waals surface area contributed by atoms with Gasteiger partial charge in [-0.25, -0.2) is 0 Å². The van der Waals surface area contributed by atoms with E-state index in [0.717, 1.165) is 19.3 Å². The summed E-state index contributed by atoms with van der Waals surface area (Å²) in [6.45, 7) is 6.25. The number of Topliss-reactive ketones (excluding diaryl/α,β-unsaturated/α-hetero) is 1. The third-order valence-corrected chi connectivity index (χ3v) is 8.94. The molecule has 5 aliphatic rings. The van der Waals surface area contributed by atoms with Crippen LogP contribution in [0.1, 0.15) is 52.9 Å². The number of ketones is 1. The van der Waals surface area contributed by atoms with Crippen LogP contribution < -0.4 is 0 Å². The van der Waals surface area contributed by atoms with Gasteiger partial charge in [0.2, 0.25) is 0 Å². The lowest BCUT2D eigenvalue weighted by molar-refractivity contribution is -0.273. The summed E-state index contributed by atoms with van der Waals surface area (Å²) < 4.78 is 17.7. The highest BCUT2D eigenvalue weighted by Crippen LogP contribution is 2.72. The molecule has 3 aliphatic carbocycles. The fraction of sp³-hybridized carbons (Fsp3) is 0.905. The molecule has 0 aromatic rings. The van der Waals surface area contributed by atoms with Crippen molar-refractivity contribution in [1.29, 1.82) is 0 Å². The third kappa shape index (κ3) is 1.83. The number of methoxy groups -OCH3 is 1. The number of rotatable bonds is 1. The summed E-state index contributed by atoms with van der Waals surface area (Å²) in [6, 6.07) is 0. The van der Waals surface area contributed by atoms with Gasteiger partial charge < -0.3 is 19.3 Å². The van der Waals surface area contributed by atoms with Crippen molar-refractivity contribution in [2.45, 2.75) is 71.6 Å². The van der Waals surface area contributed by atoms with E-state index in [4.69, 9.17) is 14.2 Å². The van der Waals surface area contributed by atoms with Crippen molar-refractivity contribution in [3.8, 4) is 0 Å². The van der Waals surface area contributed by atoms with Gasteiger partial charge in [-0.2, -0.15) is 0 Å². The normalized spacial score (nSPS) is 55.5. The monoisotopic (exact) mass is 378 g/mol. The number of esters is 1. The molecule has 1 N–H and O–H groups in total. The van der Waals surface area contributed by atoms with Crippen LogP contribution in [0.2, 0.25) is 0 Å². The second kappa shape index (κ2) is 5.33. The zero-order valence-corrected chi connectivity index (χ0v) is 16.6. The van der Waals surface area contributed by atoms with Gasteiger partial charge in [-0.3, -0.25) is 9.59 Å². The summed E-state index contributed by atoms with van der Waals surface area (Å²) in [7, 11) is 1.58. The molecule has 150 valence electrons. The highest BCUT2D eigenvalue weighted by Gasteiger charge is 2.80. The minimum absolute atomic E-state index is 0.0335. The van der Waals surface area contributed by atoms with E-state index in [1.165, 1.54) is 0 Å². The summed E-state index contributed by atoms with van der Waals surface area (Å²) in [6.07, 6.45) is 1.82. The van der Waals surface area contributed by atoms with Crippen LogP contribution in [0.3, 0.4) is 0 Å². The van der Waals surface area contributed by atoms with E-state index in [1.54, 1.807) is 7.11 Å². The van der Waals surface area contributed by atoms with Crippen molar-refractivity contribution in [2.24, 2.45) is 39.9 Å². The number of hydrogen-bond donors (Lipinski definition) is 1. The van der Waals surface area contributed by atoms with Crippen LogP contribution in [0, 0.1) is 39.9 Å². The number of ether oxygens (including phenoxy) is 3. The molecular weight excluding hydrogens is 348 g/mol. The van der Waals surface area contributed by atoms with Gasteiger partial charge in [0, 0.05) is 18.9 Å². The van der Waals surface area contributed by atoms with E-state index in [0.29, 0.717) is 12.8 Å². The molecule has 27 heavy (non-hydrogen) atoms. The lowest BCUT2D eigenvalue weighted by Crippen LogP contribution is -2.70.